The number of rotatable bonds is 4. The zero-order valence-electron chi connectivity index (χ0n) is 12.3. The van der Waals surface area contributed by atoms with Gasteiger partial charge in [-0.3, -0.25) is 4.98 Å². The van der Waals surface area contributed by atoms with Gasteiger partial charge in [0.05, 0.1) is 17.5 Å². The number of anilines is 1. The van der Waals surface area contributed by atoms with Gasteiger partial charge in [0.2, 0.25) is 0 Å². The highest BCUT2D eigenvalue weighted by atomic mass is 16.3. The highest BCUT2D eigenvalue weighted by Gasteiger charge is 2.33. The van der Waals surface area contributed by atoms with Crippen LogP contribution < -0.4 is 4.90 Å². The van der Waals surface area contributed by atoms with Gasteiger partial charge in [-0.15, -0.1) is 0 Å². The molecule has 1 aromatic heterocycles. The van der Waals surface area contributed by atoms with E-state index in [1.54, 1.807) is 0 Å². The molecule has 1 fully saturated rings. The van der Waals surface area contributed by atoms with Crippen molar-refractivity contribution in [2.45, 2.75) is 31.8 Å². The predicted octanol–water partition coefficient (Wildman–Crippen LogP) is 1.54. The van der Waals surface area contributed by atoms with Gasteiger partial charge in [0.25, 0.3) is 0 Å². The minimum atomic E-state index is -0.606. The molecule has 2 heterocycles. The standard InChI is InChI=1S/C15H25N3O/c1-4-13-6-7-14(10-16-13)18-9-5-8-15(19,12-18)11-17(2)3/h6-7,10,19H,4-5,8-9,11-12H2,1-3H3. The highest BCUT2D eigenvalue weighted by molar-refractivity contribution is 5.45. The van der Waals surface area contributed by atoms with E-state index in [0.29, 0.717) is 13.1 Å². The lowest BCUT2D eigenvalue weighted by Gasteiger charge is -2.41. The summed E-state index contributed by atoms with van der Waals surface area (Å²) >= 11 is 0. The zero-order valence-corrected chi connectivity index (χ0v) is 12.3. The molecule has 1 unspecified atom stereocenters. The van der Waals surface area contributed by atoms with Crippen LogP contribution in [0.5, 0.6) is 0 Å². The molecule has 19 heavy (non-hydrogen) atoms. The third kappa shape index (κ3) is 3.67. The van der Waals surface area contributed by atoms with E-state index < -0.39 is 5.60 Å². The van der Waals surface area contributed by atoms with Gasteiger partial charge in [-0.05, 0) is 45.5 Å². The SMILES string of the molecule is CCc1ccc(N2CCCC(O)(CN(C)C)C2)cn1. The van der Waals surface area contributed by atoms with Crippen molar-refractivity contribution < 1.29 is 5.11 Å². The molecule has 1 aliphatic heterocycles. The number of β-amino-alcohol motifs (C(OH)–C–C–N with tert-alkyl or cyclic N) is 1. The summed E-state index contributed by atoms with van der Waals surface area (Å²) in [4.78, 5) is 8.75. The third-order valence-corrected chi connectivity index (χ3v) is 3.70. The van der Waals surface area contributed by atoms with Crippen molar-refractivity contribution in [3.8, 4) is 0 Å². The van der Waals surface area contributed by atoms with Gasteiger partial charge in [0.1, 0.15) is 0 Å². The van der Waals surface area contributed by atoms with Gasteiger partial charge in [0, 0.05) is 25.3 Å². The largest absolute Gasteiger partial charge is 0.387 e. The summed E-state index contributed by atoms with van der Waals surface area (Å²) in [5, 5.41) is 10.7. The molecule has 0 radical (unpaired) electrons. The fraction of sp³-hybridized carbons (Fsp3) is 0.667. The van der Waals surface area contributed by atoms with E-state index in [-0.39, 0.29) is 0 Å². The van der Waals surface area contributed by atoms with Crippen molar-refractivity contribution in [2.75, 3.05) is 38.6 Å². The summed E-state index contributed by atoms with van der Waals surface area (Å²) in [5.41, 5.74) is 1.63. The molecule has 0 aromatic carbocycles. The lowest BCUT2D eigenvalue weighted by molar-refractivity contribution is 0.00369. The minimum Gasteiger partial charge on any atom is -0.387 e. The number of piperidine rings is 1. The molecule has 0 spiro atoms. The molecular formula is C15H25N3O. The normalized spacial score (nSPS) is 23.9. The molecule has 106 valence electrons. The lowest BCUT2D eigenvalue weighted by Crippen LogP contribution is -2.53. The molecule has 0 bridgehead atoms. The van der Waals surface area contributed by atoms with Crippen LogP contribution in [0.3, 0.4) is 0 Å². The maximum absolute atomic E-state index is 10.7. The second-order valence-electron chi connectivity index (χ2n) is 5.85. The molecule has 2 rings (SSSR count). The Labute approximate surface area is 116 Å². The predicted molar refractivity (Wildman–Crippen MR) is 78.6 cm³/mol. The Morgan fingerprint density at radius 2 is 2.21 bits per heavy atom. The number of aromatic nitrogens is 1. The van der Waals surface area contributed by atoms with Crippen molar-refractivity contribution in [3.05, 3.63) is 24.0 Å². The fourth-order valence-corrected chi connectivity index (χ4v) is 2.86. The Hall–Kier alpha value is -1.13. The second kappa shape index (κ2) is 5.88. The number of aryl methyl sites for hydroxylation is 1. The van der Waals surface area contributed by atoms with Crippen LogP contribution in [0.2, 0.25) is 0 Å². The molecule has 1 saturated heterocycles. The van der Waals surface area contributed by atoms with Crippen molar-refractivity contribution in [1.29, 1.82) is 0 Å². The Morgan fingerprint density at radius 1 is 1.42 bits per heavy atom. The van der Waals surface area contributed by atoms with E-state index in [0.717, 1.165) is 37.2 Å². The lowest BCUT2D eigenvalue weighted by atomic mass is 9.92. The Morgan fingerprint density at radius 3 is 2.79 bits per heavy atom. The molecule has 0 amide bonds. The zero-order chi connectivity index (χ0) is 13.9. The molecule has 4 heteroatoms. The van der Waals surface area contributed by atoms with Crippen LogP contribution in [0, 0.1) is 0 Å². The first-order valence-corrected chi connectivity index (χ1v) is 7.09. The molecule has 0 saturated carbocycles. The van der Waals surface area contributed by atoms with Crippen LogP contribution in [0.25, 0.3) is 0 Å². The molecule has 1 aliphatic rings. The van der Waals surface area contributed by atoms with Crippen LogP contribution in [0.15, 0.2) is 18.3 Å². The monoisotopic (exact) mass is 263 g/mol. The van der Waals surface area contributed by atoms with Crippen LogP contribution in [-0.2, 0) is 6.42 Å². The van der Waals surface area contributed by atoms with Crippen LogP contribution in [0.4, 0.5) is 5.69 Å². The smallest absolute Gasteiger partial charge is 0.0948 e. The highest BCUT2D eigenvalue weighted by Crippen LogP contribution is 2.26. The van der Waals surface area contributed by atoms with E-state index in [9.17, 15) is 5.11 Å². The van der Waals surface area contributed by atoms with Crippen LogP contribution in [0.1, 0.15) is 25.5 Å². The molecule has 1 N–H and O–H groups in total. The maximum atomic E-state index is 10.7. The van der Waals surface area contributed by atoms with E-state index in [2.05, 4.69) is 33.8 Å². The van der Waals surface area contributed by atoms with Gasteiger partial charge in [-0.2, -0.15) is 0 Å². The quantitative estimate of drug-likeness (QED) is 0.894. The number of nitrogens with zero attached hydrogens (tertiary/aromatic N) is 3. The van der Waals surface area contributed by atoms with Crippen molar-refractivity contribution in [3.63, 3.8) is 0 Å². The second-order valence-corrected chi connectivity index (χ2v) is 5.85. The van der Waals surface area contributed by atoms with Crippen LogP contribution in [-0.4, -0.2) is 54.3 Å². The van der Waals surface area contributed by atoms with E-state index in [1.807, 2.05) is 20.3 Å². The third-order valence-electron chi connectivity index (χ3n) is 3.70. The van der Waals surface area contributed by atoms with Crippen molar-refractivity contribution >= 4 is 5.69 Å². The molecule has 1 aromatic rings. The molecule has 1 atom stereocenters. The first-order chi connectivity index (χ1) is 9.02. The minimum absolute atomic E-state index is 0.606. The Bertz CT molecular complexity index is 404. The molecule has 0 aliphatic carbocycles. The Kier molecular flexibility index (Phi) is 4.42. The van der Waals surface area contributed by atoms with Gasteiger partial charge in [-0.1, -0.05) is 6.92 Å². The maximum Gasteiger partial charge on any atom is 0.0948 e. The number of pyridine rings is 1. The van der Waals surface area contributed by atoms with Crippen LogP contribution >= 0.6 is 0 Å². The molecular weight excluding hydrogens is 238 g/mol. The summed E-state index contributed by atoms with van der Waals surface area (Å²) in [6.07, 6.45) is 4.80. The van der Waals surface area contributed by atoms with E-state index in [1.165, 1.54) is 0 Å². The van der Waals surface area contributed by atoms with Crippen molar-refractivity contribution in [1.82, 2.24) is 9.88 Å². The topological polar surface area (TPSA) is 39.6 Å². The van der Waals surface area contributed by atoms with Gasteiger partial charge >= 0.3 is 0 Å². The first-order valence-electron chi connectivity index (χ1n) is 7.09. The summed E-state index contributed by atoms with van der Waals surface area (Å²) in [5.74, 6) is 0. The number of hydrogen-bond acceptors (Lipinski definition) is 4. The van der Waals surface area contributed by atoms with Crippen molar-refractivity contribution in [2.24, 2.45) is 0 Å². The van der Waals surface area contributed by atoms with Gasteiger partial charge < -0.3 is 14.9 Å². The Balaban J connectivity index is 2.07. The van der Waals surface area contributed by atoms with E-state index >= 15 is 0 Å². The fourth-order valence-electron chi connectivity index (χ4n) is 2.86. The first kappa shape index (κ1) is 14.3. The summed E-state index contributed by atoms with van der Waals surface area (Å²) < 4.78 is 0. The average molecular weight is 263 g/mol. The summed E-state index contributed by atoms with van der Waals surface area (Å²) in [6.45, 7) is 4.52. The molecule has 4 nitrogen and oxygen atoms in total. The summed E-state index contributed by atoms with van der Waals surface area (Å²) in [6, 6.07) is 4.20. The number of hydrogen-bond donors (Lipinski definition) is 1. The number of aliphatic hydroxyl groups is 1. The van der Waals surface area contributed by atoms with Gasteiger partial charge in [0.15, 0.2) is 0 Å². The number of likely N-dealkylation sites (N-methyl/N-ethyl adjacent to an activating group) is 1. The van der Waals surface area contributed by atoms with Gasteiger partial charge in [-0.25, -0.2) is 0 Å². The average Bonchev–Trinajstić information content (AvgIpc) is 2.37. The van der Waals surface area contributed by atoms with E-state index in [4.69, 9.17) is 0 Å². The summed E-state index contributed by atoms with van der Waals surface area (Å²) in [7, 11) is 4.02.